The van der Waals surface area contributed by atoms with Crippen molar-refractivity contribution in [3.05, 3.63) is 35.9 Å². The average Bonchev–Trinajstić information content (AvgIpc) is 2.93. The lowest BCUT2D eigenvalue weighted by molar-refractivity contribution is 0.0136. The smallest absolute Gasteiger partial charge is 0.410 e. The number of ether oxygens (including phenoxy) is 1. The van der Waals surface area contributed by atoms with Crippen LogP contribution in [0.1, 0.15) is 40.2 Å². The monoisotopic (exact) mass is 362 g/mol. The van der Waals surface area contributed by atoms with Crippen molar-refractivity contribution in [2.45, 2.75) is 52.8 Å². The number of rotatable bonds is 6. The second-order valence-corrected chi connectivity index (χ2v) is 8.61. The number of aliphatic hydroxyl groups is 1. The summed E-state index contributed by atoms with van der Waals surface area (Å²) in [6.45, 7) is 13.1. The Morgan fingerprint density at radius 2 is 1.85 bits per heavy atom. The molecule has 5 nitrogen and oxygen atoms in total. The predicted molar refractivity (Wildman–Crippen MR) is 104 cm³/mol. The van der Waals surface area contributed by atoms with Crippen molar-refractivity contribution >= 4 is 6.09 Å². The highest BCUT2D eigenvalue weighted by molar-refractivity contribution is 5.68. The van der Waals surface area contributed by atoms with E-state index in [1.54, 1.807) is 4.90 Å². The van der Waals surface area contributed by atoms with Gasteiger partial charge in [-0.3, -0.25) is 4.90 Å². The zero-order valence-corrected chi connectivity index (χ0v) is 16.8. The van der Waals surface area contributed by atoms with E-state index in [-0.39, 0.29) is 30.6 Å². The Hall–Kier alpha value is -1.59. The Kier molecular flexibility index (Phi) is 7.07. The van der Waals surface area contributed by atoms with Crippen LogP contribution in [-0.2, 0) is 11.3 Å². The maximum absolute atomic E-state index is 12.6. The van der Waals surface area contributed by atoms with Gasteiger partial charge in [-0.1, -0.05) is 30.3 Å². The van der Waals surface area contributed by atoms with Gasteiger partial charge in [-0.05, 0) is 46.1 Å². The second-order valence-electron chi connectivity index (χ2n) is 8.61. The lowest BCUT2D eigenvalue weighted by atomic mass is 9.96. The highest BCUT2D eigenvalue weighted by atomic mass is 16.6. The Balaban J connectivity index is 2.01. The summed E-state index contributed by atoms with van der Waals surface area (Å²) in [5, 5.41) is 9.84. The average molecular weight is 363 g/mol. The van der Waals surface area contributed by atoms with E-state index >= 15 is 0 Å². The molecule has 5 heteroatoms. The molecule has 2 unspecified atom stereocenters. The van der Waals surface area contributed by atoms with Crippen LogP contribution in [0, 0.1) is 11.8 Å². The van der Waals surface area contributed by atoms with Gasteiger partial charge in [0.1, 0.15) is 5.60 Å². The van der Waals surface area contributed by atoms with Gasteiger partial charge in [0.2, 0.25) is 0 Å². The van der Waals surface area contributed by atoms with E-state index in [1.165, 1.54) is 5.56 Å². The number of nitrogens with zero attached hydrogens (tertiary/aromatic N) is 2. The van der Waals surface area contributed by atoms with Crippen LogP contribution in [0.3, 0.4) is 0 Å². The van der Waals surface area contributed by atoms with Gasteiger partial charge in [-0.25, -0.2) is 4.79 Å². The number of hydrogen-bond acceptors (Lipinski definition) is 4. The number of likely N-dealkylation sites (tertiary alicyclic amines) is 1. The van der Waals surface area contributed by atoms with Crippen LogP contribution in [0.4, 0.5) is 4.79 Å². The number of carbonyl (C=O) groups excluding carboxylic acids is 1. The van der Waals surface area contributed by atoms with Gasteiger partial charge in [-0.2, -0.15) is 0 Å². The molecule has 26 heavy (non-hydrogen) atoms. The maximum Gasteiger partial charge on any atom is 0.410 e. The zero-order chi connectivity index (χ0) is 19.3. The fraction of sp³-hybridized carbons (Fsp3) is 0.667. The van der Waals surface area contributed by atoms with Crippen LogP contribution in [-0.4, -0.2) is 58.9 Å². The highest BCUT2D eigenvalue weighted by Gasteiger charge is 2.36. The van der Waals surface area contributed by atoms with E-state index in [0.29, 0.717) is 6.54 Å². The Morgan fingerprint density at radius 3 is 2.38 bits per heavy atom. The maximum atomic E-state index is 12.6. The molecule has 1 fully saturated rings. The number of amides is 1. The SMILES string of the molecule is CC(C)N(CC1CN(Cc2ccccc2)CC1CO)C(=O)OC(C)(C)C. The Bertz CT molecular complexity index is 568. The Morgan fingerprint density at radius 1 is 1.23 bits per heavy atom. The molecule has 1 N–H and O–H groups in total. The molecule has 1 heterocycles. The normalized spacial score (nSPS) is 21.2. The molecular formula is C21H34N2O3. The molecule has 0 aromatic heterocycles. The summed E-state index contributed by atoms with van der Waals surface area (Å²) in [7, 11) is 0. The largest absolute Gasteiger partial charge is 0.444 e. The molecule has 0 spiro atoms. The molecule has 0 aliphatic carbocycles. The van der Waals surface area contributed by atoms with Crippen molar-refractivity contribution in [1.29, 1.82) is 0 Å². The molecule has 2 atom stereocenters. The molecule has 0 saturated carbocycles. The first-order valence-corrected chi connectivity index (χ1v) is 9.56. The summed E-state index contributed by atoms with van der Waals surface area (Å²) < 4.78 is 5.57. The van der Waals surface area contributed by atoms with E-state index in [4.69, 9.17) is 4.74 Å². The molecule has 1 aliphatic heterocycles. The summed E-state index contributed by atoms with van der Waals surface area (Å²) in [5.74, 6) is 0.432. The summed E-state index contributed by atoms with van der Waals surface area (Å²) in [5.41, 5.74) is 0.771. The quantitative estimate of drug-likeness (QED) is 0.843. The van der Waals surface area contributed by atoms with Crippen molar-refractivity contribution in [2.24, 2.45) is 11.8 Å². The van der Waals surface area contributed by atoms with Crippen molar-refractivity contribution < 1.29 is 14.6 Å². The molecule has 0 radical (unpaired) electrons. The minimum absolute atomic E-state index is 0.0624. The molecule has 146 valence electrons. The summed E-state index contributed by atoms with van der Waals surface area (Å²) in [6.07, 6.45) is -0.273. The van der Waals surface area contributed by atoms with Crippen LogP contribution in [0.5, 0.6) is 0 Å². The molecule has 1 saturated heterocycles. The fourth-order valence-corrected chi connectivity index (χ4v) is 3.49. The third-order valence-electron chi connectivity index (χ3n) is 4.82. The van der Waals surface area contributed by atoms with Crippen molar-refractivity contribution in [1.82, 2.24) is 9.80 Å². The van der Waals surface area contributed by atoms with Crippen LogP contribution < -0.4 is 0 Å². The first kappa shape index (κ1) is 20.7. The minimum atomic E-state index is -0.504. The third kappa shape index (κ3) is 5.99. The lowest BCUT2D eigenvalue weighted by Crippen LogP contribution is -2.45. The molecule has 2 rings (SSSR count). The van der Waals surface area contributed by atoms with Gasteiger partial charge in [-0.15, -0.1) is 0 Å². The predicted octanol–water partition coefficient (Wildman–Crippen LogP) is 3.37. The van der Waals surface area contributed by atoms with Crippen molar-refractivity contribution in [3.63, 3.8) is 0 Å². The van der Waals surface area contributed by atoms with E-state index in [2.05, 4.69) is 29.2 Å². The molecule has 1 aromatic rings. The molecule has 1 aromatic carbocycles. The molecule has 1 aliphatic rings. The van der Waals surface area contributed by atoms with Crippen LogP contribution in [0.25, 0.3) is 0 Å². The van der Waals surface area contributed by atoms with Crippen molar-refractivity contribution in [2.75, 3.05) is 26.2 Å². The highest BCUT2D eigenvalue weighted by Crippen LogP contribution is 2.27. The van der Waals surface area contributed by atoms with Gasteiger partial charge in [0, 0.05) is 44.7 Å². The summed E-state index contributed by atoms with van der Waals surface area (Å²) in [6, 6.07) is 10.4. The topological polar surface area (TPSA) is 53.0 Å². The third-order valence-corrected chi connectivity index (χ3v) is 4.82. The van der Waals surface area contributed by atoms with Crippen LogP contribution >= 0.6 is 0 Å². The lowest BCUT2D eigenvalue weighted by Gasteiger charge is -2.33. The molecule has 0 bridgehead atoms. The van der Waals surface area contributed by atoms with Gasteiger partial charge in [0.25, 0.3) is 0 Å². The standard InChI is InChI=1S/C21H34N2O3/c1-16(2)23(20(25)26-21(3,4)5)14-18-12-22(13-19(18)15-24)11-17-9-7-6-8-10-17/h6-10,16,18-19,24H,11-15H2,1-5H3. The zero-order valence-electron chi connectivity index (χ0n) is 16.8. The molecule has 1 amide bonds. The van der Waals surface area contributed by atoms with Gasteiger partial charge in [0.15, 0.2) is 0 Å². The fourth-order valence-electron chi connectivity index (χ4n) is 3.49. The van der Waals surface area contributed by atoms with Crippen LogP contribution in [0.15, 0.2) is 30.3 Å². The first-order valence-electron chi connectivity index (χ1n) is 9.56. The van der Waals surface area contributed by atoms with E-state index in [9.17, 15) is 9.90 Å². The number of carbonyl (C=O) groups is 1. The van der Waals surface area contributed by atoms with Gasteiger partial charge >= 0.3 is 6.09 Å². The number of benzene rings is 1. The Labute approximate surface area is 157 Å². The van der Waals surface area contributed by atoms with E-state index in [1.807, 2.05) is 40.7 Å². The van der Waals surface area contributed by atoms with E-state index in [0.717, 1.165) is 19.6 Å². The minimum Gasteiger partial charge on any atom is -0.444 e. The first-order chi connectivity index (χ1) is 12.2. The summed E-state index contributed by atoms with van der Waals surface area (Å²) in [4.78, 5) is 16.7. The number of aliphatic hydroxyl groups excluding tert-OH is 1. The summed E-state index contributed by atoms with van der Waals surface area (Å²) >= 11 is 0. The van der Waals surface area contributed by atoms with Crippen LogP contribution in [0.2, 0.25) is 0 Å². The van der Waals surface area contributed by atoms with Gasteiger partial charge in [0.05, 0.1) is 0 Å². The van der Waals surface area contributed by atoms with E-state index < -0.39 is 5.60 Å². The van der Waals surface area contributed by atoms with Crippen molar-refractivity contribution in [3.8, 4) is 0 Å². The second kappa shape index (κ2) is 8.87. The van der Waals surface area contributed by atoms with Gasteiger partial charge < -0.3 is 14.7 Å². The number of hydrogen-bond donors (Lipinski definition) is 1. The molecular weight excluding hydrogens is 328 g/mol.